The summed E-state index contributed by atoms with van der Waals surface area (Å²) in [5.41, 5.74) is 0. The van der Waals surface area contributed by atoms with E-state index in [0.717, 1.165) is 0 Å². The van der Waals surface area contributed by atoms with Crippen molar-refractivity contribution in [2.24, 2.45) is 0 Å². The maximum Gasteiger partial charge on any atom is 0.317 e. The third-order valence-electron chi connectivity index (χ3n) is 9.24. The lowest BCUT2D eigenvalue weighted by atomic mass is 10.1. The summed E-state index contributed by atoms with van der Waals surface area (Å²) in [6.45, 7) is 5.21. The lowest BCUT2D eigenvalue weighted by Gasteiger charge is -2.35. The summed E-state index contributed by atoms with van der Waals surface area (Å²) in [6.07, 6.45) is -2.19. The van der Waals surface area contributed by atoms with Crippen LogP contribution >= 0.6 is 0 Å². The Hall–Kier alpha value is -2.68. The fourth-order valence-electron chi connectivity index (χ4n) is 6.21. The van der Waals surface area contributed by atoms with Crippen LogP contribution in [0.3, 0.4) is 0 Å². The zero-order valence-electron chi connectivity index (χ0n) is 31.1. The molecular weight excluding hydrogens is 720 g/mol. The van der Waals surface area contributed by atoms with Gasteiger partial charge in [-0.25, -0.2) is 0 Å². The number of aliphatic hydroxyl groups is 6. The van der Waals surface area contributed by atoms with E-state index in [-0.39, 0.29) is 39.4 Å². The number of carbonyl (C=O) groups is 4. The highest BCUT2D eigenvalue weighted by Crippen LogP contribution is 2.08. The third kappa shape index (κ3) is 21.4. The Morgan fingerprint density at radius 2 is 0.667 bits per heavy atom. The molecule has 12 N–H and O–H groups in total. The summed E-state index contributed by atoms with van der Waals surface area (Å²) in [5, 5.41) is 100. The van der Waals surface area contributed by atoms with E-state index < -0.39 is 61.4 Å². The van der Waals surface area contributed by atoms with E-state index in [2.05, 4.69) is 10.6 Å². The van der Waals surface area contributed by atoms with Gasteiger partial charge < -0.3 is 61.7 Å². The molecule has 2 fully saturated rings. The molecule has 0 aliphatic carbocycles. The van der Waals surface area contributed by atoms with Crippen LogP contribution in [0.5, 0.6) is 0 Å². The highest BCUT2D eigenvalue weighted by atomic mass is 16.4. The first kappa shape index (κ1) is 49.3. The van der Waals surface area contributed by atoms with Gasteiger partial charge >= 0.3 is 23.9 Å². The van der Waals surface area contributed by atoms with Crippen LogP contribution in [0.4, 0.5) is 0 Å². The van der Waals surface area contributed by atoms with Crippen LogP contribution in [0.2, 0.25) is 0 Å². The SMILES string of the molecule is O=C(O)CN1CCNCCN([C@@H](CO)[C@@H](O)CO)CCN(CC(=O)O)CC1.O=C(O)CN1CCNCCN([C@H](CO)[C@H](O)CO)CCN(CC(=O)O)CC1. The molecule has 0 aromatic rings. The molecule has 2 aliphatic rings. The summed E-state index contributed by atoms with van der Waals surface area (Å²) in [7, 11) is 0. The van der Waals surface area contributed by atoms with Crippen LogP contribution in [0.1, 0.15) is 0 Å². The molecule has 2 aliphatic heterocycles. The molecule has 2 rings (SSSR count). The van der Waals surface area contributed by atoms with Gasteiger partial charge in [0.1, 0.15) is 0 Å². The van der Waals surface area contributed by atoms with E-state index in [9.17, 15) is 49.8 Å². The van der Waals surface area contributed by atoms with Gasteiger partial charge in [-0.1, -0.05) is 0 Å². The Bertz CT molecular complexity index is 989. The van der Waals surface area contributed by atoms with Crippen LogP contribution in [-0.2, 0) is 19.2 Å². The largest absolute Gasteiger partial charge is 0.480 e. The molecule has 0 amide bonds. The average molecular weight is 785 g/mol. The molecule has 2 saturated heterocycles. The van der Waals surface area contributed by atoms with Crippen molar-refractivity contribution in [2.45, 2.75) is 24.3 Å². The summed E-state index contributed by atoms with van der Waals surface area (Å²) in [5.74, 6) is -3.81. The number of nitrogens with zero attached hydrogens (tertiary/aromatic N) is 6. The lowest BCUT2D eigenvalue weighted by Crippen LogP contribution is -2.53. The van der Waals surface area contributed by atoms with Crippen molar-refractivity contribution in [3.63, 3.8) is 0 Å². The predicted molar refractivity (Wildman–Crippen MR) is 193 cm³/mol. The molecule has 316 valence electrons. The van der Waals surface area contributed by atoms with Crippen LogP contribution in [0.25, 0.3) is 0 Å². The number of hydrogen-bond donors (Lipinski definition) is 12. The minimum Gasteiger partial charge on any atom is -0.480 e. The number of hydrogen-bond acceptors (Lipinski definition) is 18. The molecule has 0 radical (unpaired) electrons. The first-order valence-electron chi connectivity index (χ1n) is 18.2. The van der Waals surface area contributed by atoms with Crippen molar-refractivity contribution in [3.8, 4) is 0 Å². The number of aliphatic carboxylic acids is 4. The van der Waals surface area contributed by atoms with Gasteiger partial charge in [0.25, 0.3) is 0 Å². The predicted octanol–water partition coefficient (Wildman–Crippen LogP) is -7.24. The second kappa shape index (κ2) is 28.7. The molecule has 0 aromatic carbocycles. The first-order chi connectivity index (χ1) is 25.7. The highest BCUT2D eigenvalue weighted by Gasteiger charge is 2.27. The molecule has 0 unspecified atom stereocenters. The average Bonchev–Trinajstić information content (AvgIpc) is 3.10. The summed E-state index contributed by atoms with van der Waals surface area (Å²) >= 11 is 0. The maximum absolute atomic E-state index is 11.1. The number of rotatable bonds is 16. The highest BCUT2D eigenvalue weighted by molar-refractivity contribution is 5.70. The van der Waals surface area contributed by atoms with Gasteiger partial charge in [0.2, 0.25) is 0 Å². The molecule has 0 saturated carbocycles. The number of carboxylic acids is 4. The Labute approximate surface area is 315 Å². The van der Waals surface area contributed by atoms with Crippen molar-refractivity contribution >= 4 is 23.9 Å². The summed E-state index contributed by atoms with van der Waals surface area (Å²) < 4.78 is 0. The molecule has 0 spiro atoms. The fraction of sp³-hybridized carbons (Fsp3) is 0.875. The molecule has 22 heteroatoms. The second-order valence-corrected chi connectivity index (χ2v) is 13.3. The molecule has 4 atom stereocenters. The quantitative estimate of drug-likeness (QED) is 0.0692. The van der Waals surface area contributed by atoms with Gasteiger partial charge in [0.05, 0.1) is 76.9 Å². The Morgan fingerprint density at radius 3 is 0.926 bits per heavy atom. The number of carboxylic acid groups (broad SMARTS) is 4. The van der Waals surface area contributed by atoms with Gasteiger partial charge in [0.15, 0.2) is 0 Å². The Kier molecular flexibility index (Phi) is 26.2. The van der Waals surface area contributed by atoms with Crippen molar-refractivity contribution in [1.82, 2.24) is 40.0 Å². The standard InChI is InChI=1S/2C16H32N4O7/c2*21-11-13(14(23)12-22)20-4-2-17-1-3-18(9-15(24)25)5-6-19(7-8-20)10-16(26)27/h2*13-14,17,21-23H,1-12H2,(H,24,25)(H,26,27)/t2*13-,14-/m10/s1. The molecular formula is C32H64N8O14. The molecule has 0 bridgehead atoms. The van der Waals surface area contributed by atoms with Crippen LogP contribution in [0.15, 0.2) is 0 Å². The Balaban J connectivity index is 0.000000540. The summed E-state index contributed by atoms with van der Waals surface area (Å²) in [4.78, 5) is 54.9. The van der Waals surface area contributed by atoms with Crippen molar-refractivity contribution in [2.75, 3.05) is 157 Å². The van der Waals surface area contributed by atoms with Gasteiger partial charge in [-0.15, -0.1) is 0 Å². The van der Waals surface area contributed by atoms with E-state index >= 15 is 0 Å². The van der Waals surface area contributed by atoms with Gasteiger partial charge in [-0.2, -0.15) is 0 Å². The zero-order valence-corrected chi connectivity index (χ0v) is 31.1. The van der Waals surface area contributed by atoms with Gasteiger partial charge in [-0.05, 0) is 0 Å². The van der Waals surface area contributed by atoms with Crippen LogP contribution in [0, 0.1) is 0 Å². The number of nitrogens with one attached hydrogen (secondary N) is 2. The third-order valence-corrected chi connectivity index (χ3v) is 9.24. The van der Waals surface area contributed by atoms with Gasteiger partial charge in [0, 0.05) is 105 Å². The Morgan fingerprint density at radius 1 is 0.407 bits per heavy atom. The maximum atomic E-state index is 11.1. The monoisotopic (exact) mass is 784 g/mol. The van der Waals surface area contributed by atoms with Gasteiger partial charge in [-0.3, -0.25) is 48.6 Å². The molecule has 22 nitrogen and oxygen atoms in total. The van der Waals surface area contributed by atoms with Crippen LogP contribution < -0.4 is 10.6 Å². The summed E-state index contributed by atoms with van der Waals surface area (Å²) in [6, 6.07) is -1.29. The smallest absolute Gasteiger partial charge is 0.317 e. The minimum atomic E-state index is -1.10. The minimum absolute atomic E-state index is 0.107. The molecule has 2 heterocycles. The van der Waals surface area contributed by atoms with E-state index in [0.29, 0.717) is 105 Å². The van der Waals surface area contributed by atoms with Crippen LogP contribution in [-0.4, -0.2) is 286 Å². The van der Waals surface area contributed by atoms with E-state index in [1.807, 2.05) is 9.80 Å². The van der Waals surface area contributed by atoms with Crippen molar-refractivity contribution in [1.29, 1.82) is 0 Å². The number of aliphatic hydroxyl groups excluding tert-OH is 6. The second-order valence-electron chi connectivity index (χ2n) is 13.3. The van der Waals surface area contributed by atoms with Crippen molar-refractivity contribution in [3.05, 3.63) is 0 Å². The van der Waals surface area contributed by atoms with E-state index in [1.54, 1.807) is 19.6 Å². The fourth-order valence-corrected chi connectivity index (χ4v) is 6.21. The van der Waals surface area contributed by atoms with E-state index in [4.69, 9.17) is 20.4 Å². The lowest BCUT2D eigenvalue weighted by molar-refractivity contribution is -0.140. The first-order valence-corrected chi connectivity index (χ1v) is 18.2. The normalized spacial score (nSPS) is 21.7. The molecule has 0 aromatic heterocycles. The van der Waals surface area contributed by atoms with E-state index in [1.165, 1.54) is 0 Å². The topological polar surface area (TPSA) is 314 Å². The van der Waals surface area contributed by atoms with Crippen molar-refractivity contribution < 1.29 is 70.2 Å². The molecule has 54 heavy (non-hydrogen) atoms. The zero-order chi connectivity index (χ0) is 40.5.